The Morgan fingerprint density at radius 3 is 1.95 bits per heavy atom. The highest BCUT2D eigenvalue weighted by Crippen LogP contribution is 2.41. The largest absolute Gasteiger partial charge is 0.444 e. The summed E-state index contributed by atoms with van der Waals surface area (Å²) in [6.45, 7) is 7.32. The first-order chi connectivity index (χ1) is 17.6. The fourth-order valence-corrected chi connectivity index (χ4v) is 5.56. The monoisotopic (exact) mass is 506 g/mol. The first kappa shape index (κ1) is 27.2. The molecule has 1 N–H and O–H groups in total. The number of nitrogens with zero attached hydrogens (tertiary/aromatic N) is 2. The van der Waals surface area contributed by atoms with Crippen LogP contribution in [0, 0.1) is 0 Å². The Balaban J connectivity index is 1.46. The second kappa shape index (κ2) is 11.7. The molecular weight excluding hydrogens is 464 g/mol. The normalized spacial score (nSPS) is 18.8. The third-order valence-electron chi connectivity index (χ3n) is 7.60. The van der Waals surface area contributed by atoms with Crippen LogP contribution in [0.25, 0.3) is 0 Å². The number of carbonyl (C=O) groups is 2. The van der Waals surface area contributed by atoms with Gasteiger partial charge in [0.2, 0.25) is 5.91 Å². The summed E-state index contributed by atoms with van der Waals surface area (Å²) >= 11 is 0. The lowest BCUT2D eigenvalue weighted by atomic mass is 9.72. The SMILES string of the molecule is CC(C)(C)OC(=O)N1CCN(C(=O)C(c2ccc(CCc3ccccc3)cc2)C2(O)CCCCC2)CC1. The van der Waals surface area contributed by atoms with Gasteiger partial charge in [0, 0.05) is 26.2 Å². The van der Waals surface area contributed by atoms with Gasteiger partial charge in [-0.05, 0) is 63.1 Å². The van der Waals surface area contributed by atoms with Crippen molar-refractivity contribution in [2.24, 2.45) is 0 Å². The van der Waals surface area contributed by atoms with Gasteiger partial charge in [-0.3, -0.25) is 4.79 Å². The van der Waals surface area contributed by atoms with Crippen LogP contribution < -0.4 is 0 Å². The minimum absolute atomic E-state index is 0.0368. The molecule has 1 saturated heterocycles. The molecule has 1 saturated carbocycles. The molecule has 200 valence electrons. The molecule has 1 aliphatic heterocycles. The lowest BCUT2D eigenvalue weighted by Gasteiger charge is -2.43. The summed E-state index contributed by atoms with van der Waals surface area (Å²) in [5.41, 5.74) is 1.82. The summed E-state index contributed by atoms with van der Waals surface area (Å²) in [4.78, 5) is 29.9. The number of hydrogen-bond acceptors (Lipinski definition) is 4. The van der Waals surface area contributed by atoms with Crippen LogP contribution in [0.5, 0.6) is 0 Å². The van der Waals surface area contributed by atoms with Crippen molar-refractivity contribution in [2.75, 3.05) is 26.2 Å². The van der Waals surface area contributed by atoms with Crippen LogP contribution in [0.1, 0.15) is 75.5 Å². The molecule has 6 heteroatoms. The molecule has 2 aromatic carbocycles. The molecule has 2 aliphatic rings. The second-order valence-electron chi connectivity index (χ2n) is 11.6. The van der Waals surface area contributed by atoms with Crippen LogP contribution in [-0.2, 0) is 22.4 Å². The van der Waals surface area contributed by atoms with Crippen LogP contribution in [0.3, 0.4) is 0 Å². The molecule has 2 amide bonds. The number of hydrogen-bond donors (Lipinski definition) is 1. The van der Waals surface area contributed by atoms with Gasteiger partial charge in [-0.25, -0.2) is 4.79 Å². The Morgan fingerprint density at radius 1 is 0.838 bits per heavy atom. The maximum atomic E-state index is 13.9. The van der Waals surface area contributed by atoms with Gasteiger partial charge in [0.25, 0.3) is 0 Å². The summed E-state index contributed by atoms with van der Waals surface area (Å²) in [5.74, 6) is -0.630. The molecule has 1 heterocycles. The van der Waals surface area contributed by atoms with Crippen molar-refractivity contribution < 1.29 is 19.4 Å². The number of aryl methyl sites for hydroxylation is 2. The molecule has 1 aliphatic carbocycles. The Kier molecular flexibility index (Phi) is 8.58. The van der Waals surface area contributed by atoms with Gasteiger partial charge in [0.1, 0.15) is 5.60 Å². The molecule has 0 radical (unpaired) electrons. The topological polar surface area (TPSA) is 70.1 Å². The second-order valence-corrected chi connectivity index (χ2v) is 11.6. The fourth-order valence-electron chi connectivity index (χ4n) is 5.56. The Morgan fingerprint density at radius 2 is 1.38 bits per heavy atom. The molecule has 6 nitrogen and oxygen atoms in total. The lowest BCUT2D eigenvalue weighted by molar-refractivity contribution is -0.143. The van der Waals surface area contributed by atoms with E-state index in [0.717, 1.165) is 37.7 Å². The van der Waals surface area contributed by atoms with Crippen LogP contribution in [-0.4, -0.2) is 64.3 Å². The van der Waals surface area contributed by atoms with Gasteiger partial charge in [0.15, 0.2) is 0 Å². The predicted octanol–water partition coefficient (Wildman–Crippen LogP) is 5.33. The zero-order valence-electron chi connectivity index (χ0n) is 22.6. The lowest BCUT2D eigenvalue weighted by Crippen LogP contribution is -2.55. The number of aliphatic hydroxyl groups is 1. The zero-order valence-corrected chi connectivity index (χ0v) is 22.6. The van der Waals surface area contributed by atoms with Crippen molar-refractivity contribution in [1.82, 2.24) is 9.80 Å². The average Bonchev–Trinajstić information content (AvgIpc) is 2.88. The number of carbonyl (C=O) groups excluding carboxylic acids is 2. The van der Waals surface area contributed by atoms with Crippen LogP contribution in [0.4, 0.5) is 4.79 Å². The third-order valence-corrected chi connectivity index (χ3v) is 7.60. The molecule has 37 heavy (non-hydrogen) atoms. The standard InChI is InChI=1S/C31H42N2O4/c1-30(2,3)37-29(35)33-22-20-32(21-23-33)28(34)27(31(36)18-8-5-9-19-31)26-16-14-25(15-17-26)13-12-24-10-6-4-7-11-24/h4,6-7,10-11,14-17,27,36H,5,8-9,12-13,18-23H2,1-3H3. The minimum Gasteiger partial charge on any atom is -0.444 e. The van der Waals surface area contributed by atoms with Gasteiger partial charge in [0.05, 0.1) is 11.5 Å². The molecule has 1 atom stereocenters. The summed E-state index contributed by atoms with van der Waals surface area (Å²) < 4.78 is 5.50. The van der Waals surface area contributed by atoms with Crippen molar-refractivity contribution in [3.63, 3.8) is 0 Å². The Bertz CT molecular complexity index is 1030. The molecule has 0 spiro atoms. The van der Waals surface area contributed by atoms with Gasteiger partial charge in [-0.2, -0.15) is 0 Å². The number of amides is 2. The summed E-state index contributed by atoms with van der Waals surface area (Å²) in [7, 11) is 0. The highest BCUT2D eigenvalue weighted by molar-refractivity contribution is 5.85. The molecule has 4 rings (SSSR count). The van der Waals surface area contributed by atoms with Crippen LogP contribution in [0.15, 0.2) is 54.6 Å². The number of piperazine rings is 1. The number of benzene rings is 2. The van der Waals surface area contributed by atoms with E-state index in [-0.39, 0.29) is 12.0 Å². The number of rotatable bonds is 6. The van der Waals surface area contributed by atoms with Gasteiger partial charge < -0.3 is 19.6 Å². The first-order valence-corrected chi connectivity index (χ1v) is 13.8. The van der Waals surface area contributed by atoms with Crippen molar-refractivity contribution in [2.45, 2.75) is 82.8 Å². The van der Waals surface area contributed by atoms with Crippen molar-refractivity contribution in [3.8, 4) is 0 Å². The Hall–Kier alpha value is -2.86. The van der Waals surface area contributed by atoms with E-state index in [0.29, 0.717) is 39.0 Å². The zero-order chi connectivity index (χ0) is 26.5. The Labute approximate surface area is 221 Å². The van der Waals surface area contributed by atoms with Crippen molar-refractivity contribution in [3.05, 3.63) is 71.3 Å². The minimum atomic E-state index is -1.04. The predicted molar refractivity (Wildman–Crippen MR) is 145 cm³/mol. The maximum absolute atomic E-state index is 13.9. The maximum Gasteiger partial charge on any atom is 0.410 e. The fraction of sp³-hybridized carbons (Fsp3) is 0.548. The van der Waals surface area contributed by atoms with E-state index in [1.54, 1.807) is 4.90 Å². The van der Waals surface area contributed by atoms with Crippen LogP contribution >= 0.6 is 0 Å². The first-order valence-electron chi connectivity index (χ1n) is 13.8. The van der Waals surface area contributed by atoms with Gasteiger partial charge in [-0.1, -0.05) is 73.9 Å². The molecule has 0 bridgehead atoms. The molecule has 2 fully saturated rings. The van der Waals surface area contributed by atoms with E-state index in [4.69, 9.17) is 4.74 Å². The van der Waals surface area contributed by atoms with Gasteiger partial charge in [-0.15, -0.1) is 0 Å². The summed E-state index contributed by atoms with van der Waals surface area (Å²) in [5, 5.41) is 11.7. The van der Waals surface area contributed by atoms with E-state index in [1.807, 2.05) is 43.9 Å². The highest BCUT2D eigenvalue weighted by Gasteiger charge is 2.45. The summed E-state index contributed by atoms with van der Waals surface area (Å²) in [6, 6.07) is 18.7. The van der Waals surface area contributed by atoms with E-state index in [2.05, 4.69) is 36.4 Å². The molecule has 0 aromatic heterocycles. The third kappa shape index (κ3) is 7.13. The van der Waals surface area contributed by atoms with E-state index >= 15 is 0 Å². The van der Waals surface area contributed by atoms with E-state index < -0.39 is 17.1 Å². The number of ether oxygens (including phenoxy) is 1. The van der Waals surface area contributed by atoms with Crippen LogP contribution in [0.2, 0.25) is 0 Å². The molecule has 2 aromatic rings. The van der Waals surface area contributed by atoms with Crippen molar-refractivity contribution in [1.29, 1.82) is 0 Å². The highest BCUT2D eigenvalue weighted by atomic mass is 16.6. The average molecular weight is 507 g/mol. The van der Waals surface area contributed by atoms with Gasteiger partial charge >= 0.3 is 6.09 Å². The summed E-state index contributed by atoms with van der Waals surface area (Å²) in [6.07, 6.45) is 5.79. The van der Waals surface area contributed by atoms with Crippen molar-refractivity contribution >= 4 is 12.0 Å². The molecular formula is C31H42N2O4. The van der Waals surface area contributed by atoms with E-state index in [9.17, 15) is 14.7 Å². The quantitative estimate of drug-likeness (QED) is 0.575. The smallest absolute Gasteiger partial charge is 0.410 e. The molecule has 1 unspecified atom stereocenters. The van der Waals surface area contributed by atoms with E-state index in [1.165, 1.54) is 11.1 Å².